The number of ketones is 2. The average molecular weight is 524 g/mol. The Morgan fingerprint density at radius 1 is 0.621 bits per heavy atom. The smallest absolute Gasteiger partial charge is 0.299 e. The molecule has 1 aromatic carbocycles. The van der Waals surface area contributed by atoms with Gasteiger partial charge in [0.15, 0.2) is 5.78 Å². The molecule has 0 aliphatic rings. The van der Waals surface area contributed by atoms with Crippen LogP contribution in [0, 0.1) is 0 Å². The van der Waals surface area contributed by atoms with Gasteiger partial charge in [-0.3, -0.25) is 9.59 Å². The molecule has 0 unspecified atom stereocenters. The molecule has 1 aromatic rings. The number of carbonyl (C=O) groups excluding carboxylic acids is 2. The predicted molar refractivity (Wildman–Crippen MR) is 126 cm³/mol. The van der Waals surface area contributed by atoms with Crippen molar-refractivity contribution < 1.29 is 9.59 Å². The summed E-state index contributed by atoms with van der Waals surface area (Å²) in [6, 6.07) is 9.12. The third-order valence-electron chi connectivity index (χ3n) is 5.51. The molecule has 158 valence electrons. The summed E-state index contributed by atoms with van der Waals surface area (Å²) in [6.45, 7) is 2.27. The Hall–Kier alpha value is 0.131. The first kappa shape index (κ1) is 29.1. The minimum atomic E-state index is -0.0495. The quantitative estimate of drug-likeness (QED) is 0.0805. The normalized spacial score (nSPS) is 10.5. The zero-order valence-electron chi connectivity index (χ0n) is 18.9. The van der Waals surface area contributed by atoms with E-state index < -0.39 is 0 Å². The van der Waals surface area contributed by atoms with Crippen LogP contribution in [0.2, 0.25) is 0 Å². The number of rotatable bonds is 19. The molecule has 0 bridgehead atoms. The molecule has 0 amide bonds. The van der Waals surface area contributed by atoms with Crippen LogP contribution in [0.5, 0.6) is 0 Å². The summed E-state index contributed by atoms with van der Waals surface area (Å²) in [5.74, 6) is 0.0371. The predicted octanol–water partition coefficient (Wildman–Crippen LogP) is 7.71. The fraction of sp³-hybridized carbons (Fsp3) is 0.692. The van der Waals surface area contributed by atoms with Gasteiger partial charge >= 0.3 is 48.9 Å². The first-order valence-electron chi connectivity index (χ1n) is 11.8. The summed E-state index contributed by atoms with van der Waals surface area (Å²) < 4.78 is 0. The van der Waals surface area contributed by atoms with Gasteiger partial charge in [-0.05, 0) is 6.42 Å². The summed E-state index contributed by atoms with van der Waals surface area (Å²) in [5, 5.41) is 0. The van der Waals surface area contributed by atoms with Crippen molar-refractivity contribution in [3.05, 3.63) is 35.9 Å². The van der Waals surface area contributed by atoms with Crippen LogP contribution in [0.25, 0.3) is 0 Å². The van der Waals surface area contributed by atoms with E-state index in [1.807, 2.05) is 18.2 Å². The van der Waals surface area contributed by atoms with E-state index in [1.54, 1.807) is 12.1 Å². The van der Waals surface area contributed by atoms with Crippen LogP contribution in [-0.4, -0.2) is 60.4 Å². The van der Waals surface area contributed by atoms with Crippen molar-refractivity contribution in [1.29, 1.82) is 0 Å². The molecule has 0 spiro atoms. The van der Waals surface area contributed by atoms with Gasteiger partial charge in [-0.1, -0.05) is 127 Å². The van der Waals surface area contributed by atoms with Crippen LogP contribution in [0.15, 0.2) is 30.3 Å². The molecule has 29 heavy (non-hydrogen) atoms. The monoisotopic (exact) mass is 524 g/mol. The third-order valence-corrected chi connectivity index (χ3v) is 5.51. The molecule has 0 fully saturated rings. The second-order valence-corrected chi connectivity index (χ2v) is 8.20. The van der Waals surface area contributed by atoms with Crippen molar-refractivity contribution in [1.82, 2.24) is 0 Å². The van der Waals surface area contributed by atoms with Gasteiger partial charge in [0, 0.05) is 12.0 Å². The number of hydrogen-bond donors (Lipinski definition) is 0. The van der Waals surface area contributed by atoms with E-state index in [2.05, 4.69) is 6.92 Å². The first-order valence-corrected chi connectivity index (χ1v) is 11.8. The minimum Gasteiger partial charge on any atom is -0.299 e. The Labute approximate surface area is 220 Å². The molecule has 3 heteroatoms. The van der Waals surface area contributed by atoms with Crippen molar-refractivity contribution in [2.75, 3.05) is 0 Å². The molecule has 0 saturated carbocycles. The van der Waals surface area contributed by atoms with Gasteiger partial charge in [-0.25, -0.2) is 0 Å². The summed E-state index contributed by atoms with van der Waals surface area (Å²) in [6.07, 6.45) is 20.5. The Balaban J connectivity index is 0.00000784. The summed E-state index contributed by atoms with van der Waals surface area (Å²) in [7, 11) is 0. The first-order chi connectivity index (χ1) is 13.7. The van der Waals surface area contributed by atoms with Crippen molar-refractivity contribution in [3.8, 4) is 0 Å². The van der Waals surface area contributed by atoms with Crippen LogP contribution < -0.4 is 0 Å². The molecule has 0 heterocycles. The maximum atomic E-state index is 12.0. The molecule has 1 rings (SSSR count). The molecule has 0 N–H and O–H groups in total. The van der Waals surface area contributed by atoms with Crippen LogP contribution in [0.3, 0.4) is 0 Å². The van der Waals surface area contributed by atoms with Gasteiger partial charge < -0.3 is 0 Å². The van der Waals surface area contributed by atoms with Crippen molar-refractivity contribution >= 4 is 60.4 Å². The molecule has 0 atom stereocenters. The van der Waals surface area contributed by atoms with E-state index in [0.29, 0.717) is 12.0 Å². The number of unbranched alkanes of at least 4 members (excludes halogenated alkanes) is 14. The minimum absolute atomic E-state index is 0. The van der Waals surface area contributed by atoms with E-state index in [1.165, 1.54) is 83.5 Å². The molecule has 0 radical (unpaired) electrons. The number of Topliss-reactive ketones (excluding diaryl/α,β-unsaturated/α-hetero) is 2. The molecule has 2 nitrogen and oxygen atoms in total. The fourth-order valence-electron chi connectivity index (χ4n) is 3.69. The Morgan fingerprint density at radius 3 is 1.48 bits per heavy atom. The second kappa shape index (κ2) is 21.4. The average Bonchev–Trinajstić information content (AvgIpc) is 2.71. The number of benzene rings is 1. The van der Waals surface area contributed by atoms with Gasteiger partial charge in [0.05, 0.1) is 6.42 Å². The maximum Gasteiger partial charge on any atom is 2.00 e. The summed E-state index contributed by atoms with van der Waals surface area (Å²) in [4.78, 5) is 23.9. The van der Waals surface area contributed by atoms with Crippen LogP contribution in [0.4, 0.5) is 0 Å². The van der Waals surface area contributed by atoms with Crippen LogP contribution >= 0.6 is 0 Å². The summed E-state index contributed by atoms with van der Waals surface area (Å²) >= 11 is 0. The van der Waals surface area contributed by atoms with Crippen molar-refractivity contribution in [2.24, 2.45) is 0 Å². The molecule has 0 aliphatic heterocycles. The van der Waals surface area contributed by atoms with Crippen LogP contribution in [-0.2, 0) is 4.79 Å². The van der Waals surface area contributed by atoms with Crippen LogP contribution in [0.1, 0.15) is 126 Å². The molecular formula is C26H42BaO2+2. The fourth-order valence-corrected chi connectivity index (χ4v) is 3.69. The topological polar surface area (TPSA) is 34.1 Å². The zero-order valence-corrected chi connectivity index (χ0v) is 23.4. The molecule has 0 aromatic heterocycles. The number of hydrogen-bond acceptors (Lipinski definition) is 2. The third kappa shape index (κ3) is 17.5. The molecule has 0 saturated heterocycles. The largest absolute Gasteiger partial charge is 2.00 e. The van der Waals surface area contributed by atoms with Gasteiger partial charge in [0.1, 0.15) is 5.78 Å². The summed E-state index contributed by atoms with van der Waals surface area (Å²) in [5.41, 5.74) is 0.646. The van der Waals surface area contributed by atoms with E-state index in [-0.39, 0.29) is 66.9 Å². The molecular weight excluding hydrogens is 482 g/mol. The Kier molecular flexibility index (Phi) is 21.5. The standard InChI is InChI=1S/C26H42O2.Ba/c1-2-3-4-5-6-7-8-9-10-11-12-13-14-15-19-22-25(27)23-26(28)24-20-17-16-18-21-24;/h16-18,20-21H,2-15,19,22-23H2,1H3;/q;+2. The van der Waals surface area contributed by atoms with E-state index in [9.17, 15) is 9.59 Å². The van der Waals surface area contributed by atoms with Gasteiger partial charge in [0.2, 0.25) is 0 Å². The number of carbonyl (C=O) groups is 2. The molecule has 0 aliphatic carbocycles. The Morgan fingerprint density at radius 2 is 1.03 bits per heavy atom. The zero-order chi connectivity index (χ0) is 20.3. The van der Waals surface area contributed by atoms with Gasteiger partial charge in [0.25, 0.3) is 0 Å². The van der Waals surface area contributed by atoms with Crippen molar-refractivity contribution in [2.45, 2.75) is 116 Å². The van der Waals surface area contributed by atoms with Gasteiger partial charge in [-0.2, -0.15) is 0 Å². The Bertz CT molecular complexity index is 513. The van der Waals surface area contributed by atoms with Gasteiger partial charge in [-0.15, -0.1) is 0 Å². The maximum absolute atomic E-state index is 12.0. The SMILES string of the molecule is CCCCCCCCCCCCCCCCCC(=O)CC(=O)c1ccccc1.[Ba+2]. The van der Waals surface area contributed by atoms with E-state index >= 15 is 0 Å². The van der Waals surface area contributed by atoms with Crippen molar-refractivity contribution in [3.63, 3.8) is 0 Å². The second-order valence-electron chi connectivity index (χ2n) is 8.20. The van der Waals surface area contributed by atoms with E-state index in [0.717, 1.165) is 12.8 Å². The van der Waals surface area contributed by atoms with E-state index in [4.69, 9.17) is 0 Å².